The third-order valence-electron chi connectivity index (χ3n) is 0.947. The molecule has 0 aromatic heterocycles. The number of carbonyl (C=O) groups excluding carboxylic acids is 1. The second-order valence-corrected chi connectivity index (χ2v) is 1.53. The highest BCUT2D eigenvalue weighted by molar-refractivity contribution is 5.85. The van der Waals surface area contributed by atoms with Crippen LogP contribution in [-0.4, -0.2) is 12.6 Å². The van der Waals surface area contributed by atoms with Gasteiger partial charge in [0.1, 0.15) is 6.61 Å². The first-order valence-corrected chi connectivity index (χ1v) is 2.32. The first-order valence-electron chi connectivity index (χ1n) is 2.32. The van der Waals surface area contributed by atoms with Crippen LogP contribution in [0, 0.1) is 0 Å². The highest BCUT2D eigenvalue weighted by atomic mass is 16.5. The molecule has 0 spiro atoms. The summed E-state index contributed by atoms with van der Waals surface area (Å²) in [5.41, 5.74) is 0.856. The fourth-order valence-electron chi connectivity index (χ4n) is 0.507. The molecule has 0 saturated heterocycles. The van der Waals surface area contributed by atoms with Gasteiger partial charge in [-0.1, -0.05) is 12.7 Å². The zero-order chi connectivity index (χ0) is 5.98. The van der Waals surface area contributed by atoms with Crippen LogP contribution in [0.3, 0.4) is 0 Å². The molecular weight excluding hydrogens is 104 g/mol. The first-order chi connectivity index (χ1) is 3.83. The summed E-state index contributed by atoms with van der Waals surface area (Å²) in [5, 5.41) is 0. The maximum atomic E-state index is 10.3. The van der Waals surface area contributed by atoms with Gasteiger partial charge in [-0.15, -0.1) is 0 Å². The Bertz CT molecular complexity index is 156. The Hall–Kier alpha value is -1.05. The van der Waals surface area contributed by atoms with Gasteiger partial charge in [0.05, 0.1) is 0 Å². The van der Waals surface area contributed by atoms with Crippen LogP contribution in [0.1, 0.15) is 0 Å². The topological polar surface area (TPSA) is 26.3 Å². The van der Waals surface area contributed by atoms with Crippen molar-refractivity contribution in [3.63, 3.8) is 0 Å². The zero-order valence-corrected chi connectivity index (χ0v) is 4.39. The zero-order valence-electron chi connectivity index (χ0n) is 4.39. The van der Waals surface area contributed by atoms with Crippen molar-refractivity contribution >= 4 is 5.97 Å². The number of esters is 1. The van der Waals surface area contributed by atoms with Crippen molar-refractivity contribution in [2.45, 2.75) is 0 Å². The van der Waals surface area contributed by atoms with Gasteiger partial charge in [0.15, 0.2) is 0 Å². The lowest BCUT2D eigenvalue weighted by molar-refractivity contribution is -0.134. The van der Waals surface area contributed by atoms with E-state index in [-0.39, 0.29) is 5.97 Å². The largest absolute Gasteiger partial charge is 0.458 e. The van der Waals surface area contributed by atoms with Crippen LogP contribution in [0.15, 0.2) is 24.3 Å². The molecule has 8 heavy (non-hydrogen) atoms. The van der Waals surface area contributed by atoms with E-state index in [1.54, 1.807) is 6.08 Å². The Balaban J connectivity index is 2.70. The predicted molar refractivity (Wildman–Crippen MR) is 29.2 cm³/mol. The standard InChI is InChI=1S/C6H6O2/c1-2-5-3-6(7)8-4-5/h2-3H,1,4H2. The average Bonchev–Trinajstić information content (AvgIpc) is 2.14. The maximum absolute atomic E-state index is 10.3. The molecule has 1 aliphatic heterocycles. The molecule has 2 heteroatoms. The Labute approximate surface area is 47.5 Å². The van der Waals surface area contributed by atoms with E-state index in [1.807, 2.05) is 0 Å². The van der Waals surface area contributed by atoms with Crippen molar-refractivity contribution < 1.29 is 9.53 Å². The van der Waals surface area contributed by atoms with E-state index in [4.69, 9.17) is 0 Å². The summed E-state index contributed by atoms with van der Waals surface area (Å²) < 4.78 is 4.55. The molecule has 42 valence electrons. The molecule has 0 aromatic carbocycles. The van der Waals surface area contributed by atoms with Crippen molar-refractivity contribution in [1.82, 2.24) is 0 Å². The van der Waals surface area contributed by atoms with Crippen LogP contribution in [0.5, 0.6) is 0 Å². The normalized spacial score (nSPS) is 17.5. The quantitative estimate of drug-likeness (QED) is 0.463. The molecule has 0 aliphatic carbocycles. The van der Waals surface area contributed by atoms with Gasteiger partial charge in [0, 0.05) is 6.08 Å². The van der Waals surface area contributed by atoms with Crippen molar-refractivity contribution in [3.8, 4) is 0 Å². The molecule has 0 atom stereocenters. The van der Waals surface area contributed by atoms with Crippen LogP contribution in [0.4, 0.5) is 0 Å². The lowest BCUT2D eigenvalue weighted by Gasteiger charge is -1.86. The summed E-state index contributed by atoms with van der Waals surface area (Å²) >= 11 is 0. The fraction of sp³-hybridized carbons (Fsp3) is 0.167. The Morgan fingerprint density at radius 3 is 2.88 bits per heavy atom. The number of cyclic esters (lactones) is 1. The van der Waals surface area contributed by atoms with Gasteiger partial charge in [-0.2, -0.15) is 0 Å². The van der Waals surface area contributed by atoms with Gasteiger partial charge in [-0.3, -0.25) is 0 Å². The number of carbonyl (C=O) groups is 1. The van der Waals surface area contributed by atoms with Gasteiger partial charge in [0.2, 0.25) is 0 Å². The van der Waals surface area contributed by atoms with Gasteiger partial charge >= 0.3 is 5.97 Å². The Morgan fingerprint density at radius 2 is 2.62 bits per heavy atom. The van der Waals surface area contributed by atoms with E-state index in [9.17, 15) is 4.79 Å². The minimum Gasteiger partial charge on any atom is -0.458 e. The minimum absolute atomic E-state index is 0.264. The number of hydrogen-bond donors (Lipinski definition) is 0. The van der Waals surface area contributed by atoms with Gasteiger partial charge in [-0.25, -0.2) is 4.79 Å². The molecule has 0 unspecified atom stereocenters. The van der Waals surface area contributed by atoms with Crippen molar-refractivity contribution in [3.05, 3.63) is 24.3 Å². The van der Waals surface area contributed by atoms with E-state index >= 15 is 0 Å². The third kappa shape index (κ3) is 0.780. The van der Waals surface area contributed by atoms with Crippen LogP contribution >= 0.6 is 0 Å². The molecule has 0 saturated carbocycles. The monoisotopic (exact) mass is 110 g/mol. The summed E-state index contributed by atoms with van der Waals surface area (Å²) in [4.78, 5) is 10.3. The van der Waals surface area contributed by atoms with Gasteiger partial charge in [-0.05, 0) is 5.57 Å². The lowest BCUT2D eigenvalue weighted by atomic mass is 10.3. The summed E-state index contributed by atoms with van der Waals surface area (Å²) in [6.45, 7) is 3.87. The van der Waals surface area contributed by atoms with Crippen molar-refractivity contribution in [2.75, 3.05) is 6.61 Å². The molecular formula is C6H6O2. The highest BCUT2D eigenvalue weighted by Gasteiger charge is 2.08. The van der Waals surface area contributed by atoms with E-state index in [2.05, 4.69) is 11.3 Å². The minimum atomic E-state index is -0.264. The van der Waals surface area contributed by atoms with E-state index in [0.29, 0.717) is 6.61 Å². The summed E-state index contributed by atoms with van der Waals surface area (Å²) in [5.74, 6) is -0.264. The molecule has 0 fully saturated rings. The third-order valence-corrected chi connectivity index (χ3v) is 0.947. The molecule has 1 heterocycles. The number of rotatable bonds is 1. The maximum Gasteiger partial charge on any atom is 0.331 e. The Kier molecular flexibility index (Phi) is 1.16. The summed E-state index contributed by atoms with van der Waals surface area (Å²) in [7, 11) is 0. The molecule has 0 amide bonds. The van der Waals surface area contributed by atoms with Crippen LogP contribution in [0.25, 0.3) is 0 Å². The summed E-state index contributed by atoms with van der Waals surface area (Å²) in [6.07, 6.45) is 3.05. The molecule has 1 rings (SSSR count). The number of ether oxygens (including phenoxy) is 1. The van der Waals surface area contributed by atoms with Crippen LogP contribution < -0.4 is 0 Å². The average molecular weight is 110 g/mol. The SMILES string of the molecule is C=CC1=CC(=O)OC1. The smallest absolute Gasteiger partial charge is 0.331 e. The van der Waals surface area contributed by atoms with Gasteiger partial charge in [0.25, 0.3) is 0 Å². The molecule has 0 aromatic rings. The van der Waals surface area contributed by atoms with Crippen LogP contribution in [0.2, 0.25) is 0 Å². The predicted octanol–water partition coefficient (Wildman–Crippen LogP) is 0.656. The van der Waals surface area contributed by atoms with Crippen LogP contribution in [-0.2, 0) is 9.53 Å². The van der Waals surface area contributed by atoms with Gasteiger partial charge < -0.3 is 4.74 Å². The summed E-state index contributed by atoms with van der Waals surface area (Å²) in [6, 6.07) is 0. The van der Waals surface area contributed by atoms with E-state index < -0.39 is 0 Å². The van der Waals surface area contributed by atoms with Crippen molar-refractivity contribution in [2.24, 2.45) is 0 Å². The highest BCUT2D eigenvalue weighted by Crippen LogP contribution is 2.04. The molecule has 1 aliphatic rings. The Morgan fingerprint density at radius 1 is 1.88 bits per heavy atom. The molecule has 0 radical (unpaired) electrons. The molecule has 0 bridgehead atoms. The first kappa shape index (κ1) is 5.09. The van der Waals surface area contributed by atoms with Crippen molar-refractivity contribution in [1.29, 1.82) is 0 Å². The van der Waals surface area contributed by atoms with E-state index in [0.717, 1.165) is 5.57 Å². The number of hydrogen-bond acceptors (Lipinski definition) is 2. The lowest BCUT2D eigenvalue weighted by Crippen LogP contribution is -1.90. The second-order valence-electron chi connectivity index (χ2n) is 1.53. The fourth-order valence-corrected chi connectivity index (χ4v) is 0.507. The molecule has 0 N–H and O–H groups in total. The second kappa shape index (κ2) is 1.82. The van der Waals surface area contributed by atoms with E-state index in [1.165, 1.54) is 6.08 Å². The molecule has 2 nitrogen and oxygen atoms in total.